The number of quaternary nitrogens is 2. The van der Waals surface area contributed by atoms with Crippen molar-refractivity contribution in [3.05, 3.63) is 84.9 Å². The van der Waals surface area contributed by atoms with Gasteiger partial charge in [0.25, 0.3) is 36.3 Å². The first-order valence-corrected chi connectivity index (χ1v) is 25.2. The lowest BCUT2D eigenvalue weighted by molar-refractivity contribution is -0.541. The van der Waals surface area contributed by atoms with Crippen LogP contribution in [-0.4, -0.2) is 104 Å². The summed E-state index contributed by atoms with van der Waals surface area (Å²) in [6, 6.07) is 12.9. The third kappa shape index (κ3) is 10.6. The van der Waals surface area contributed by atoms with Gasteiger partial charge in [0, 0.05) is 29.8 Å². The van der Waals surface area contributed by atoms with Gasteiger partial charge in [0.05, 0.1) is 39.3 Å². The molecule has 28 nitrogen and oxygen atoms in total. The number of benzene rings is 6. The molecule has 0 aliphatic carbocycles. The first-order chi connectivity index (χ1) is 33.1. The van der Waals surface area contributed by atoms with E-state index in [9.17, 15) is 81.6 Å². The molecule has 1 heterocycles. The Kier molecular flexibility index (Phi) is 13.5. The first kappa shape index (κ1) is 50.9. The number of azo groups is 1. The van der Waals surface area contributed by atoms with E-state index in [0.717, 1.165) is 54.8 Å². The number of nitrogen functional groups attached to an aromatic ring is 2. The maximum absolute atomic E-state index is 13.3. The molecule has 0 bridgehead atoms. The fourth-order valence-corrected chi connectivity index (χ4v) is 9.46. The molecule has 0 saturated carbocycles. The summed E-state index contributed by atoms with van der Waals surface area (Å²) in [4.78, 5) is 34.6. The predicted molar refractivity (Wildman–Crippen MR) is 246 cm³/mol. The van der Waals surface area contributed by atoms with E-state index >= 15 is 0 Å². The molecule has 0 saturated heterocycles. The molecule has 14 N–H and O–H groups in total. The van der Waals surface area contributed by atoms with Gasteiger partial charge in [-0.1, -0.05) is 0 Å². The second kappa shape index (κ2) is 18.8. The SMILES string of the molecule is COc1cc([NH2+]Nc2ccc(S(=O)(=O)O)c3cc(S(=O)(=O)O)cc(O)c23)c(NC(C)=O)cc1N[NH2+]c1c(S(=O)(=O)O)cc2cc(N=NC3C(=O)N(c4ccc(S(=O)(=O)O)cc4)N=C3C(=O)O)ccc2c1O. The van der Waals surface area contributed by atoms with Crippen LogP contribution in [0.3, 0.4) is 0 Å². The number of phenols is 2. The number of phenolic OH excluding ortho intramolecular Hbond substituents is 2. The number of hydrogen-bond donors (Lipinski definition) is 12. The van der Waals surface area contributed by atoms with E-state index in [0.29, 0.717) is 17.1 Å². The van der Waals surface area contributed by atoms with Gasteiger partial charge in [0.15, 0.2) is 27.8 Å². The highest BCUT2D eigenvalue weighted by Gasteiger charge is 2.41. The lowest BCUT2D eigenvalue weighted by atomic mass is 10.1. The monoisotopic (exact) mass is 1060 g/mol. The third-order valence-electron chi connectivity index (χ3n) is 10.2. The summed E-state index contributed by atoms with van der Waals surface area (Å²) in [6.07, 6.45) is 0. The normalized spacial score (nSPS) is 14.5. The number of aliphatic carboxylic acids is 1. The number of aromatic hydroxyl groups is 2. The van der Waals surface area contributed by atoms with Crippen molar-refractivity contribution in [2.75, 3.05) is 28.3 Å². The van der Waals surface area contributed by atoms with Crippen molar-refractivity contribution < 1.29 is 97.2 Å². The third-order valence-corrected chi connectivity index (χ3v) is 13.7. The average Bonchev–Trinajstić information content (AvgIpc) is 3.61. The number of carboxylic acid groups (broad SMARTS) is 1. The second-order valence-corrected chi connectivity index (χ2v) is 20.5. The molecule has 2 amide bonds. The maximum atomic E-state index is 13.3. The molecule has 1 unspecified atom stereocenters. The van der Waals surface area contributed by atoms with Crippen LogP contribution in [0.5, 0.6) is 17.2 Å². The smallest absolute Gasteiger partial charge is 0.355 e. The zero-order valence-corrected chi connectivity index (χ0v) is 39.0. The van der Waals surface area contributed by atoms with Crippen LogP contribution in [0.4, 0.5) is 39.8 Å². The molecule has 0 spiro atoms. The number of rotatable bonds is 16. The zero-order valence-electron chi connectivity index (χ0n) is 35.8. The highest BCUT2D eigenvalue weighted by Crippen LogP contribution is 2.40. The summed E-state index contributed by atoms with van der Waals surface area (Å²) in [7, 11) is -18.5. The van der Waals surface area contributed by atoms with Crippen LogP contribution in [0.25, 0.3) is 21.5 Å². The van der Waals surface area contributed by atoms with Gasteiger partial charge in [-0.3, -0.25) is 27.8 Å². The molecule has 6 aromatic rings. The molecule has 71 heavy (non-hydrogen) atoms. The Bertz CT molecular complexity index is 3800. The number of nitrogens with one attached hydrogen (secondary N) is 3. The van der Waals surface area contributed by atoms with E-state index in [4.69, 9.17) is 4.74 Å². The number of hydrogen-bond acceptors (Lipinski definition) is 19. The van der Waals surface area contributed by atoms with Crippen molar-refractivity contribution >= 4 is 125 Å². The minimum absolute atomic E-state index is 0.00525. The van der Waals surface area contributed by atoms with Gasteiger partial charge in [0.2, 0.25) is 17.6 Å². The van der Waals surface area contributed by atoms with Crippen molar-refractivity contribution in [1.82, 2.24) is 0 Å². The van der Waals surface area contributed by atoms with Gasteiger partial charge in [-0.2, -0.15) is 54.0 Å². The molecule has 6 aromatic carbocycles. The van der Waals surface area contributed by atoms with E-state index < -0.39 is 112 Å². The Morgan fingerprint density at radius 3 is 1.96 bits per heavy atom. The van der Waals surface area contributed by atoms with Gasteiger partial charge in [-0.05, 0) is 78.2 Å². The van der Waals surface area contributed by atoms with Crippen LogP contribution in [0.1, 0.15) is 6.92 Å². The Morgan fingerprint density at radius 1 is 0.718 bits per heavy atom. The molecule has 0 aromatic heterocycles. The molecular weight excluding hydrogens is 1030 g/mol. The topological polar surface area (TPSA) is 448 Å². The number of anilines is 4. The Hall–Kier alpha value is -7.92. The van der Waals surface area contributed by atoms with Crippen molar-refractivity contribution in [1.29, 1.82) is 0 Å². The van der Waals surface area contributed by atoms with Crippen molar-refractivity contribution in [3.63, 3.8) is 0 Å². The van der Waals surface area contributed by atoms with E-state index in [1.165, 1.54) is 42.9 Å². The lowest BCUT2D eigenvalue weighted by Crippen LogP contribution is -2.83. The summed E-state index contributed by atoms with van der Waals surface area (Å²) < 4.78 is 141. The van der Waals surface area contributed by atoms with Gasteiger partial charge >= 0.3 is 16.1 Å². The predicted octanol–water partition coefficient (Wildman–Crippen LogP) is 1.74. The van der Waals surface area contributed by atoms with Gasteiger partial charge in [-0.25, -0.2) is 26.5 Å². The quantitative estimate of drug-likeness (QED) is 0.0164. The number of fused-ring (bicyclic) bond motifs is 2. The zero-order chi connectivity index (χ0) is 52.1. The highest BCUT2D eigenvalue weighted by atomic mass is 32.2. The average molecular weight is 1060 g/mol. The number of nitrogens with two attached hydrogens (primary N) is 2. The number of carbonyl (C=O) groups excluding carboxylic acids is 2. The lowest BCUT2D eigenvalue weighted by Gasteiger charge is -2.17. The largest absolute Gasteiger partial charge is 0.507 e. The fourth-order valence-electron chi connectivity index (χ4n) is 7.06. The highest BCUT2D eigenvalue weighted by molar-refractivity contribution is 7.86. The molecule has 372 valence electrons. The molecule has 1 aliphatic heterocycles. The van der Waals surface area contributed by atoms with E-state index in [-0.39, 0.29) is 56.0 Å². The standard InChI is InChI=1S/C39H33N9O19S4/c1-17(49)40-26-15-28(30(67-2)16-27(26)43-42-25-9-10-31(70(61,62)63)24-13-22(69(58,59)60)14-29(50)33(24)25)44-45-34-32(71(64,65)66)12-18-11-19(3-8-23(18)37(34)51)41-46-35-36(39(53)54)47-48(38(35)52)20-4-6-21(7-5-20)68(55,56)57/h3-16,35,42-45,50-51H,1-2H3,(H,40,49)(H,53,54)(H,55,56,57)(H,58,59,60)(H,61,62,63)(H,64,65,66)/p+2. The molecule has 0 radical (unpaired) electrons. The van der Waals surface area contributed by atoms with Crippen LogP contribution in [0, 0.1) is 0 Å². The van der Waals surface area contributed by atoms with Crippen molar-refractivity contribution in [2.24, 2.45) is 15.3 Å². The van der Waals surface area contributed by atoms with E-state index in [1.807, 2.05) is 0 Å². The molecule has 7 rings (SSSR count). The summed E-state index contributed by atoms with van der Waals surface area (Å²) in [6.45, 7) is 1.16. The van der Waals surface area contributed by atoms with Crippen LogP contribution >= 0.6 is 0 Å². The number of carboxylic acids is 1. The first-order valence-electron chi connectivity index (χ1n) is 19.4. The number of ether oxygens (including phenoxy) is 1. The number of methoxy groups -OCH3 is 1. The summed E-state index contributed by atoms with van der Waals surface area (Å²) in [5.41, 5.74) is 6.46. The Labute approximate surface area is 399 Å². The molecule has 0 fully saturated rings. The molecular formula is C39H35N9O19S4+2. The number of hydrazone groups is 1. The number of nitrogens with zero attached hydrogens (tertiary/aromatic N) is 4. The number of carbonyl (C=O) groups is 3. The number of amides is 2. The minimum Gasteiger partial charge on any atom is -0.507 e. The maximum Gasteiger partial charge on any atom is 0.355 e. The van der Waals surface area contributed by atoms with Crippen molar-refractivity contribution in [2.45, 2.75) is 32.5 Å². The van der Waals surface area contributed by atoms with Gasteiger partial charge in [0.1, 0.15) is 22.0 Å². The van der Waals surface area contributed by atoms with Crippen LogP contribution in [0.15, 0.2) is 120 Å². The second-order valence-electron chi connectivity index (χ2n) is 14.9. The van der Waals surface area contributed by atoms with Crippen LogP contribution in [-0.2, 0) is 54.9 Å². The van der Waals surface area contributed by atoms with E-state index in [2.05, 4.69) is 31.5 Å². The van der Waals surface area contributed by atoms with E-state index in [1.54, 1.807) is 0 Å². The molecule has 32 heteroatoms. The van der Waals surface area contributed by atoms with Crippen LogP contribution in [0.2, 0.25) is 0 Å². The molecule has 1 atom stereocenters. The molecule has 1 aliphatic rings. The van der Waals surface area contributed by atoms with Gasteiger partial charge < -0.3 is 25.4 Å². The fraction of sp³-hybridized carbons (Fsp3) is 0.0769. The van der Waals surface area contributed by atoms with Gasteiger partial charge in [-0.15, -0.1) is 0 Å². The Morgan fingerprint density at radius 2 is 1.37 bits per heavy atom. The Balaban J connectivity index is 1.18. The summed E-state index contributed by atoms with van der Waals surface area (Å²) in [5.74, 6) is -4.81. The minimum atomic E-state index is -5.15. The summed E-state index contributed by atoms with van der Waals surface area (Å²) in [5, 5.41) is 45.8. The van der Waals surface area contributed by atoms with Crippen LogP contribution < -0.4 is 36.8 Å². The summed E-state index contributed by atoms with van der Waals surface area (Å²) >= 11 is 0. The van der Waals surface area contributed by atoms with Crippen molar-refractivity contribution in [3.8, 4) is 17.2 Å².